The standard InChI is InChI=1S/C20H14N2O4.2Na/c23-18(24)20(19(25)26)11-17(22-15-8-4-2-6-13(15)20)16-10-9-12-5-1-3-7-14(12)21-16;;/h1-11,22H,(H,23,24)(H,25,26);;/q;2*+1/p-2. The second-order valence-corrected chi connectivity index (χ2v) is 6.00. The van der Waals surface area contributed by atoms with Crippen LogP contribution < -0.4 is 74.6 Å². The first-order valence-electron chi connectivity index (χ1n) is 7.91. The Hall–Kier alpha value is -1.67. The predicted octanol–water partition coefficient (Wildman–Crippen LogP) is -5.55. The number of nitrogens with zero attached hydrogens (tertiary/aromatic N) is 1. The number of hydrogen-bond acceptors (Lipinski definition) is 6. The molecule has 0 aliphatic carbocycles. The van der Waals surface area contributed by atoms with Gasteiger partial charge in [-0.2, -0.15) is 0 Å². The molecular formula is C20H12N2Na2O4. The van der Waals surface area contributed by atoms with E-state index >= 15 is 0 Å². The third kappa shape index (κ3) is 3.64. The molecule has 8 heteroatoms. The maximum atomic E-state index is 11.8. The van der Waals surface area contributed by atoms with Crippen LogP contribution in [-0.4, -0.2) is 16.9 Å². The van der Waals surface area contributed by atoms with Crippen LogP contribution in [0.4, 0.5) is 5.69 Å². The topological polar surface area (TPSA) is 105 Å². The summed E-state index contributed by atoms with van der Waals surface area (Å²) in [6.07, 6.45) is 1.09. The van der Waals surface area contributed by atoms with Gasteiger partial charge in [-0.3, -0.25) is 0 Å². The Morgan fingerprint density at radius 1 is 0.857 bits per heavy atom. The van der Waals surface area contributed by atoms with Crippen molar-refractivity contribution >= 4 is 34.2 Å². The summed E-state index contributed by atoms with van der Waals surface area (Å²) in [4.78, 5) is 28.2. The average molecular weight is 390 g/mol. The van der Waals surface area contributed by atoms with Crippen molar-refractivity contribution in [2.75, 3.05) is 5.32 Å². The molecule has 3 aromatic rings. The second kappa shape index (κ2) is 8.78. The van der Waals surface area contributed by atoms with Gasteiger partial charge in [0, 0.05) is 11.1 Å². The molecule has 4 rings (SSSR count). The zero-order valence-electron chi connectivity index (χ0n) is 15.4. The monoisotopic (exact) mass is 390 g/mol. The maximum absolute atomic E-state index is 11.8. The number of carbonyl (C=O) groups excluding carboxylic acids is 2. The number of carboxylic acid groups (broad SMARTS) is 2. The van der Waals surface area contributed by atoms with Crippen LogP contribution >= 0.6 is 0 Å². The SMILES string of the molecule is O=C([O-])C1(C(=O)[O-])C=C(c2ccc3ccccc3n2)Nc2ccccc21.[Na+].[Na+]. The minimum Gasteiger partial charge on any atom is -0.548 e. The molecule has 2 aromatic carbocycles. The van der Waals surface area contributed by atoms with E-state index in [4.69, 9.17) is 0 Å². The smallest absolute Gasteiger partial charge is 0.548 e. The van der Waals surface area contributed by atoms with Crippen molar-refractivity contribution in [3.05, 3.63) is 78.0 Å². The van der Waals surface area contributed by atoms with Gasteiger partial charge in [-0.1, -0.05) is 42.5 Å². The Labute approximate surface area is 205 Å². The van der Waals surface area contributed by atoms with E-state index in [1.807, 2.05) is 30.3 Å². The number of fused-ring (bicyclic) bond motifs is 2. The minimum atomic E-state index is -2.40. The van der Waals surface area contributed by atoms with E-state index in [9.17, 15) is 19.8 Å². The number of hydrogen-bond donors (Lipinski definition) is 1. The fraction of sp³-hybridized carbons (Fsp3) is 0.0500. The largest absolute Gasteiger partial charge is 1.00 e. The normalized spacial score (nSPS) is 13.8. The van der Waals surface area contributed by atoms with Crippen LogP contribution in [0, 0.1) is 0 Å². The zero-order valence-corrected chi connectivity index (χ0v) is 19.4. The van der Waals surface area contributed by atoms with Crippen molar-refractivity contribution in [3.8, 4) is 0 Å². The van der Waals surface area contributed by atoms with Crippen LogP contribution in [0.1, 0.15) is 11.3 Å². The number of aliphatic carboxylic acids is 2. The number of anilines is 1. The van der Waals surface area contributed by atoms with Gasteiger partial charge >= 0.3 is 59.1 Å². The quantitative estimate of drug-likeness (QED) is 0.353. The molecule has 0 fully saturated rings. The zero-order chi connectivity index (χ0) is 18.3. The van der Waals surface area contributed by atoms with Crippen molar-refractivity contribution < 1.29 is 78.9 Å². The third-order valence-corrected chi connectivity index (χ3v) is 4.50. The Bertz CT molecular complexity index is 1080. The third-order valence-electron chi connectivity index (χ3n) is 4.50. The van der Waals surface area contributed by atoms with Gasteiger partial charge in [0.15, 0.2) is 0 Å². The fourth-order valence-electron chi connectivity index (χ4n) is 3.19. The Balaban J connectivity index is 0.00000140. The van der Waals surface area contributed by atoms with Crippen LogP contribution in [0.25, 0.3) is 16.6 Å². The summed E-state index contributed by atoms with van der Waals surface area (Å²) in [5, 5.41) is 27.7. The molecule has 1 aliphatic rings. The Kier molecular flexibility index (Phi) is 7.09. The molecular weight excluding hydrogens is 378 g/mol. The van der Waals surface area contributed by atoms with E-state index in [-0.39, 0.29) is 70.4 Å². The number of benzene rings is 2. The first-order valence-corrected chi connectivity index (χ1v) is 7.91. The van der Waals surface area contributed by atoms with Crippen LogP contribution in [0.3, 0.4) is 0 Å². The molecule has 0 amide bonds. The van der Waals surface area contributed by atoms with E-state index in [1.54, 1.807) is 24.3 Å². The average Bonchev–Trinajstić information content (AvgIpc) is 2.66. The van der Waals surface area contributed by atoms with Crippen molar-refractivity contribution in [1.29, 1.82) is 0 Å². The van der Waals surface area contributed by atoms with Crippen molar-refractivity contribution in [3.63, 3.8) is 0 Å². The predicted molar refractivity (Wildman–Crippen MR) is 91.5 cm³/mol. The molecule has 0 bridgehead atoms. The summed E-state index contributed by atoms with van der Waals surface area (Å²) >= 11 is 0. The molecule has 6 nitrogen and oxygen atoms in total. The first-order chi connectivity index (χ1) is 12.5. The van der Waals surface area contributed by atoms with Crippen molar-refractivity contribution in [1.82, 2.24) is 4.98 Å². The van der Waals surface area contributed by atoms with E-state index in [1.165, 1.54) is 6.07 Å². The molecule has 0 atom stereocenters. The van der Waals surface area contributed by atoms with Crippen LogP contribution in [0.5, 0.6) is 0 Å². The second-order valence-electron chi connectivity index (χ2n) is 6.00. The number of para-hydroxylation sites is 2. The minimum absolute atomic E-state index is 0. The van der Waals surface area contributed by atoms with Gasteiger partial charge in [0.25, 0.3) is 0 Å². The number of carboxylic acids is 2. The molecule has 128 valence electrons. The van der Waals surface area contributed by atoms with E-state index in [2.05, 4.69) is 10.3 Å². The molecule has 1 aliphatic heterocycles. The number of nitrogens with one attached hydrogen (secondary N) is 1. The molecule has 2 heterocycles. The molecule has 0 spiro atoms. The Morgan fingerprint density at radius 3 is 2.21 bits per heavy atom. The maximum Gasteiger partial charge on any atom is 1.00 e. The van der Waals surface area contributed by atoms with Gasteiger partial charge in [0.05, 0.1) is 34.3 Å². The summed E-state index contributed by atoms with van der Waals surface area (Å²) < 4.78 is 0. The molecule has 1 aromatic heterocycles. The van der Waals surface area contributed by atoms with Gasteiger partial charge in [-0.15, -0.1) is 0 Å². The molecule has 0 saturated carbocycles. The Morgan fingerprint density at radius 2 is 1.50 bits per heavy atom. The number of carbonyl (C=O) groups is 2. The van der Waals surface area contributed by atoms with Crippen LogP contribution in [0.2, 0.25) is 0 Å². The van der Waals surface area contributed by atoms with Crippen molar-refractivity contribution in [2.24, 2.45) is 0 Å². The first kappa shape index (κ1) is 22.6. The molecule has 1 N–H and O–H groups in total. The van der Waals surface area contributed by atoms with Gasteiger partial charge < -0.3 is 25.1 Å². The van der Waals surface area contributed by atoms with E-state index in [0.29, 0.717) is 16.9 Å². The molecule has 28 heavy (non-hydrogen) atoms. The van der Waals surface area contributed by atoms with Crippen molar-refractivity contribution in [2.45, 2.75) is 5.41 Å². The molecule has 0 unspecified atom stereocenters. The summed E-state index contributed by atoms with van der Waals surface area (Å²) in [5.74, 6) is -3.52. The van der Waals surface area contributed by atoms with Gasteiger partial charge in [0.2, 0.25) is 0 Å². The number of rotatable bonds is 3. The van der Waals surface area contributed by atoms with E-state index < -0.39 is 17.4 Å². The van der Waals surface area contributed by atoms with E-state index in [0.717, 1.165) is 11.5 Å². The van der Waals surface area contributed by atoms with Gasteiger partial charge in [-0.05, 0) is 29.8 Å². The number of aromatic nitrogens is 1. The summed E-state index contributed by atoms with van der Waals surface area (Å²) in [5.41, 5.74) is -0.588. The fourth-order valence-corrected chi connectivity index (χ4v) is 3.19. The summed E-state index contributed by atoms with van der Waals surface area (Å²) in [6.45, 7) is 0. The summed E-state index contributed by atoms with van der Waals surface area (Å²) in [6, 6.07) is 17.2. The molecule has 0 saturated heterocycles. The number of pyridine rings is 1. The van der Waals surface area contributed by atoms with Gasteiger partial charge in [0.1, 0.15) is 0 Å². The summed E-state index contributed by atoms with van der Waals surface area (Å²) in [7, 11) is 0. The molecule has 0 radical (unpaired) electrons. The van der Waals surface area contributed by atoms with Crippen LogP contribution in [0.15, 0.2) is 66.7 Å². The van der Waals surface area contributed by atoms with Crippen LogP contribution in [-0.2, 0) is 15.0 Å². The van der Waals surface area contributed by atoms with Gasteiger partial charge in [-0.25, -0.2) is 4.98 Å².